The molecule has 0 saturated heterocycles. The Hall–Kier alpha value is -0.320. The predicted octanol–water partition coefficient (Wildman–Crippen LogP) is 2.79. The fourth-order valence-corrected chi connectivity index (χ4v) is 1.78. The molecule has 0 saturated carbocycles. The van der Waals surface area contributed by atoms with Crippen LogP contribution < -0.4 is 11.1 Å². The highest BCUT2D eigenvalue weighted by atomic mass is 35.5. The van der Waals surface area contributed by atoms with Gasteiger partial charge in [-0.2, -0.15) is 0 Å². The molecule has 1 rings (SSSR count). The number of nitrogens with two attached hydrogens (primary N) is 1. The fourth-order valence-electron chi connectivity index (χ4n) is 1.78. The molecule has 0 aromatic heterocycles. The van der Waals surface area contributed by atoms with Crippen LogP contribution in [0.1, 0.15) is 33.3 Å². The van der Waals surface area contributed by atoms with Gasteiger partial charge < -0.3 is 16.2 Å². The SMILES string of the molecule is C[C@@H](NC[C@@H](O)[C@@H](N)Cc1ccccc1)C(C)(C)C.Cl.Cl. The zero-order chi connectivity index (χ0) is 14.5. The third-order valence-electron chi connectivity index (χ3n) is 3.74. The molecule has 21 heavy (non-hydrogen) atoms. The van der Waals surface area contributed by atoms with Crippen LogP contribution >= 0.6 is 24.8 Å². The lowest BCUT2D eigenvalue weighted by Crippen LogP contribution is -2.47. The van der Waals surface area contributed by atoms with E-state index in [0.717, 1.165) is 5.56 Å². The van der Waals surface area contributed by atoms with Crippen molar-refractivity contribution in [3.63, 3.8) is 0 Å². The molecule has 0 aliphatic heterocycles. The molecular formula is C16H30Cl2N2O. The molecule has 0 aliphatic carbocycles. The molecule has 0 bridgehead atoms. The Morgan fingerprint density at radius 1 is 1.14 bits per heavy atom. The quantitative estimate of drug-likeness (QED) is 0.748. The van der Waals surface area contributed by atoms with E-state index in [1.54, 1.807) is 0 Å². The average Bonchev–Trinajstić information content (AvgIpc) is 2.35. The van der Waals surface area contributed by atoms with Crippen molar-refractivity contribution < 1.29 is 5.11 Å². The Bertz CT molecular complexity index is 368. The second-order valence-electron chi connectivity index (χ2n) is 6.42. The van der Waals surface area contributed by atoms with E-state index >= 15 is 0 Å². The third kappa shape index (κ3) is 8.64. The summed E-state index contributed by atoms with van der Waals surface area (Å²) in [6.07, 6.45) is 0.179. The van der Waals surface area contributed by atoms with Gasteiger partial charge in [0.1, 0.15) is 0 Å². The summed E-state index contributed by atoms with van der Waals surface area (Å²) in [6.45, 7) is 9.21. The lowest BCUT2D eigenvalue weighted by atomic mass is 9.88. The van der Waals surface area contributed by atoms with Crippen molar-refractivity contribution in [3.05, 3.63) is 35.9 Å². The first kappa shape index (κ1) is 23.0. The van der Waals surface area contributed by atoms with Gasteiger partial charge in [0.05, 0.1) is 6.10 Å². The molecule has 0 aliphatic rings. The molecule has 1 aromatic carbocycles. The van der Waals surface area contributed by atoms with E-state index in [1.165, 1.54) is 0 Å². The summed E-state index contributed by atoms with van der Waals surface area (Å²) in [4.78, 5) is 0. The number of halogens is 2. The largest absolute Gasteiger partial charge is 0.390 e. The van der Waals surface area contributed by atoms with E-state index in [-0.39, 0.29) is 36.3 Å². The van der Waals surface area contributed by atoms with Crippen LogP contribution in [0.4, 0.5) is 0 Å². The zero-order valence-corrected chi connectivity index (χ0v) is 15.0. The first-order chi connectivity index (χ1) is 8.80. The van der Waals surface area contributed by atoms with Gasteiger partial charge in [0.15, 0.2) is 0 Å². The van der Waals surface area contributed by atoms with Gasteiger partial charge in [0, 0.05) is 18.6 Å². The smallest absolute Gasteiger partial charge is 0.0818 e. The Morgan fingerprint density at radius 3 is 2.14 bits per heavy atom. The maximum absolute atomic E-state index is 10.1. The molecule has 1 aromatic rings. The molecule has 0 amide bonds. The molecule has 124 valence electrons. The molecular weight excluding hydrogens is 307 g/mol. The van der Waals surface area contributed by atoms with Crippen LogP contribution in [0.5, 0.6) is 0 Å². The summed E-state index contributed by atoms with van der Waals surface area (Å²) in [6, 6.07) is 10.2. The van der Waals surface area contributed by atoms with Gasteiger partial charge in [-0.25, -0.2) is 0 Å². The van der Waals surface area contributed by atoms with Gasteiger partial charge >= 0.3 is 0 Å². The maximum Gasteiger partial charge on any atom is 0.0818 e. The second-order valence-corrected chi connectivity index (χ2v) is 6.42. The van der Waals surface area contributed by atoms with Crippen LogP contribution in [0.2, 0.25) is 0 Å². The minimum absolute atomic E-state index is 0. The lowest BCUT2D eigenvalue weighted by molar-refractivity contribution is 0.130. The van der Waals surface area contributed by atoms with E-state index in [0.29, 0.717) is 19.0 Å². The highest BCUT2D eigenvalue weighted by Gasteiger charge is 2.22. The van der Waals surface area contributed by atoms with Crippen molar-refractivity contribution in [3.8, 4) is 0 Å². The summed E-state index contributed by atoms with van der Waals surface area (Å²) in [5.74, 6) is 0. The minimum atomic E-state index is -0.523. The van der Waals surface area contributed by atoms with Crippen LogP contribution in [-0.2, 0) is 6.42 Å². The van der Waals surface area contributed by atoms with E-state index in [9.17, 15) is 5.11 Å². The zero-order valence-electron chi connectivity index (χ0n) is 13.4. The summed E-state index contributed by atoms with van der Waals surface area (Å²) >= 11 is 0. The number of rotatable bonds is 6. The lowest BCUT2D eigenvalue weighted by Gasteiger charge is -2.30. The molecule has 0 fully saturated rings. The maximum atomic E-state index is 10.1. The van der Waals surface area contributed by atoms with E-state index in [1.807, 2.05) is 30.3 Å². The summed E-state index contributed by atoms with van der Waals surface area (Å²) in [5, 5.41) is 13.5. The van der Waals surface area contributed by atoms with E-state index in [4.69, 9.17) is 5.73 Å². The van der Waals surface area contributed by atoms with Gasteiger partial charge in [0.2, 0.25) is 0 Å². The molecule has 0 radical (unpaired) electrons. The van der Waals surface area contributed by atoms with Gasteiger partial charge in [-0.05, 0) is 24.3 Å². The monoisotopic (exact) mass is 336 g/mol. The van der Waals surface area contributed by atoms with Crippen LogP contribution in [0.3, 0.4) is 0 Å². The molecule has 4 N–H and O–H groups in total. The summed E-state index contributed by atoms with van der Waals surface area (Å²) in [5.41, 5.74) is 7.40. The highest BCUT2D eigenvalue weighted by molar-refractivity contribution is 5.85. The Labute approximate surface area is 141 Å². The van der Waals surface area contributed by atoms with Crippen LogP contribution in [0, 0.1) is 5.41 Å². The van der Waals surface area contributed by atoms with Crippen molar-refractivity contribution in [2.75, 3.05) is 6.54 Å². The topological polar surface area (TPSA) is 58.3 Å². The van der Waals surface area contributed by atoms with Crippen molar-refractivity contribution in [1.82, 2.24) is 5.32 Å². The van der Waals surface area contributed by atoms with Gasteiger partial charge in [-0.3, -0.25) is 0 Å². The van der Waals surface area contributed by atoms with Crippen molar-refractivity contribution in [1.29, 1.82) is 0 Å². The van der Waals surface area contributed by atoms with Crippen LogP contribution in [0.25, 0.3) is 0 Å². The van der Waals surface area contributed by atoms with E-state index < -0.39 is 6.10 Å². The molecule has 0 heterocycles. The number of aliphatic hydroxyl groups excluding tert-OH is 1. The summed E-state index contributed by atoms with van der Waals surface area (Å²) in [7, 11) is 0. The van der Waals surface area contributed by atoms with Crippen molar-refractivity contribution in [2.45, 2.75) is 52.3 Å². The number of aliphatic hydroxyl groups is 1. The van der Waals surface area contributed by atoms with E-state index in [2.05, 4.69) is 33.0 Å². The molecule has 3 atom stereocenters. The fraction of sp³-hybridized carbons (Fsp3) is 0.625. The van der Waals surface area contributed by atoms with Gasteiger partial charge in [0.25, 0.3) is 0 Å². The average molecular weight is 337 g/mol. The number of nitrogens with one attached hydrogen (secondary N) is 1. The predicted molar refractivity (Wildman–Crippen MR) is 95.5 cm³/mol. The Balaban J connectivity index is 0. The first-order valence-corrected chi connectivity index (χ1v) is 7.01. The molecule has 3 nitrogen and oxygen atoms in total. The van der Waals surface area contributed by atoms with Crippen LogP contribution in [-0.4, -0.2) is 29.8 Å². The number of benzene rings is 1. The third-order valence-corrected chi connectivity index (χ3v) is 3.74. The molecule has 0 unspecified atom stereocenters. The van der Waals surface area contributed by atoms with Gasteiger partial charge in [-0.15, -0.1) is 24.8 Å². The molecule has 5 heteroatoms. The Kier molecular flexibility index (Phi) is 11.4. The second kappa shape index (κ2) is 10.4. The van der Waals surface area contributed by atoms with Crippen molar-refractivity contribution >= 4 is 24.8 Å². The normalized spacial score (nSPS) is 15.3. The summed E-state index contributed by atoms with van der Waals surface area (Å²) < 4.78 is 0. The number of hydrogen-bond donors (Lipinski definition) is 3. The van der Waals surface area contributed by atoms with Crippen LogP contribution in [0.15, 0.2) is 30.3 Å². The van der Waals surface area contributed by atoms with Gasteiger partial charge in [-0.1, -0.05) is 51.1 Å². The standard InChI is InChI=1S/C16H28N2O.2ClH/c1-12(16(2,3)4)18-11-15(19)14(17)10-13-8-6-5-7-9-13;;/h5-9,12,14-15,18-19H,10-11,17H2,1-4H3;2*1H/t12-,14+,15-;;/m1../s1. The first-order valence-electron chi connectivity index (χ1n) is 7.01. The minimum Gasteiger partial charge on any atom is -0.390 e. The molecule has 0 spiro atoms. The number of hydrogen-bond acceptors (Lipinski definition) is 3. The van der Waals surface area contributed by atoms with Crippen molar-refractivity contribution in [2.24, 2.45) is 11.1 Å². The Morgan fingerprint density at radius 2 is 1.67 bits per heavy atom. The highest BCUT2D eigenvalue weighted by Crippen LogP contribution is 2.18.